The third-order valence-corrected chi connectivity index (χ3v) is 6.68. The van der Waals surface area contributed by atoms with Crippen LogP contribution in [-0.2, 0) is 19.3 Å². The minimum Gasteiger partial charge on any atom is -0.330 e. The highest BCUT2D eigenvalue weighted by Gasteiger charge is 2.18. The standard InChI is InChI=1S/C12H18I3N3/c13-10-7(1-4-16)11(14)9(3-6-18)12(15)8(10)2-5-17/h1-6,16-18H2. The summed E-state index contributed by atoms with van der Waals surface area (Å²) in [4.78, 5) is 0. The van der Waals surface area contributed by atoms with Crippen molar-refractivity contribution in [3.63, 3.8) is 0 Å². The van der Waals surface area contributed by atoms with Crippen molar-refractivity contribution in [2.45, 2.75) is 19.3 Å². The Kier molecular flexibility index (Phi) is 8.24. The summed E-state index contributed by atoms with van der Waals surface area (Å²) in [5.74, 6) is 0. The van der Waals surface area contributed by atoms with Gasteiger partial charge in [-0.1, -0.05) is 0 Å². The minimum atomic E-state index is 0.677. The van der Waals surface area contributed by atoms with E-state index in [2.05, 4.69) is 67.8 Å². The van der Waals surface area contributed by atoms with Gasteiger partial charge in [0.15, 0.2) is 0 Å². The van der Waals surface area contributed by atoms with Gasteiger partial charge in [-0.05, 0) is 123 Å². The Balaban J connectivity index is 3.42. The third kappa shape index (κ3) is 3.90. The molecule has 0 bridgehead atoms. The van der Waals surface area contributed by atoms with E-state index in [1.54, 1.807) is 0 Å². The quantitative estimate of drug-likeness (QED) is 0.448. The van der Waals surface area contributed by atoms with Gasteiger partial charge in [0, 0.05) is 10.7 Å². The molecule has 0 aliphatic rings. The Morgan fingerprint density at radius 3 is 0.944 bits per heavy atom. The van der Waals surface area contributed by atoms with E-state index in [1.807, 2.05) is 0 Å². The molecule has 3 nitrogen and oxygen atoms in total. The fraction of sp³-hybridized carbons (Fsp3) is 0.500. The van der Waals surface area contributed by atoms with Crippen LogP contribution in [0.3, 0.4) is 0 Å². The van der Waals surface area contributed by atoms with E-state index in [1.165, 1.54) is 27.4 Å². The zero-order valence-corrected chi connectivity index (χ0v) is 16.6. The van der Waals surface area contributed by atoms with Gasteiger partial charge >= 0.3 is 0 Å². The second-order valence-electron chi connectivity index (χ2n) is 3.99. The molecule has 0 aliphatic heterocycles. The van der Waals surface area contributed by atoms with Crippen molar-refractivity contribution >= 4 is 67.8 Å². The predicted octanol–water partition coefficient (Wildman–Crippen LogP) is 2.00. The SMILES string of the molecule is NCCc1c(I)c(CCN)c(I)c(CCN)c1I. The Morgan fingerprint density at radius 2 is 0.778 bits per heavy atom. The lowest BCUT2D eigenvalue weighted by molar-refractivity contribution is 0.887. The molecule has 18 heavy (non-hydrogen) atoms. The summed E-state index contributed by atoms with van der Waals surface area (Å²) in [5, 5.41) is 0. The van der Waals surface area contributed by atoms with Gasteiger partial charge in [-0.15, -0.1) is 0 Å². The van der Waals surface area contributed by atoms with E-state index in [0.717, 1.165) is 19.3 Å². The minimum absolute atomic E-state index is 0.677. The molecule has 1 aromatic carbocycles. The fourth-order valence-corrected chi connectivity index (χ4v) is 6.71. The summed E-state index contributed by atoms with van der Waals surface area (Å²) in [6.07, 6.45) is 2.76. The normalized spacial score (nSPS) is 11.0. The molecule has 0 radical (unpaired) electrons. The van der Waals surface area contributed by atoms with Gasteiger partial charge in [0.1, 0.15) is 0 Å². The zero-order valence-electron chi connectivity index (χ0n) is 10.1. The molecule has 6 heteroatoms. The fourth-order valence-electron chi connectivity index (χ4n) is 1.93. The largest absolute Gasteiger partial charge is 0.330 e. The molecule has 0 amide bonds. The number of nitrogens with two attached hydrogens (primary N) is 3. The molecule has 1 aromatic rings. The molecule has 102 valence electrons. The first-order valence-corrected chi connectivity index (χ1v) is 9.09. The van der Waals surface area contributed by atoms with E-state index >= 15 is 0 Å². The highest BCUT2D eigenvalue weighted by molar-refractivity contribution is 14.1. The zero-order chi connectivity index (χ0) is 13.7. The van der Waals surface area contributed by atoms with Gasteiger partial charge in [-0.2, -0.15) is 0 Å². The third-order valence-electron chi connectivity index (χ3n) is 2.77. The molecule has 0 saturated carbocycles. The molecule has 0 aliphatic carbocycles. The first kappa shape index (κ1) is 17.3. The number of halogens is 3. The van der Waals surface area contributed by atoms with Crippen molar-refractivity contribution in [2.75, 3.05) is 19.6 Å². The van der Waals surface area contributed by atoms with E-state index < -0.39 is 0 Å². The second-order valence-corrected chi connectivity index (χ2v) is 7.23. The molecule has 0 spiro atoms. The average Bonchev–Trinajstić information content (AvgIpc) is 2.35. The molecule has 0 aromatic heterocycles. The van der Waals surface area contributed by atoms with Gasteiger partial charge in [0.05, 0.1) is 0 Å². The Bertz CT molecular complexity index is 339. The lowest BCUT2D eigenvalue weighted by atomic mass is 10.00. The van der Waals surface area contributed by atoms with Crippen LogP contribution in [0, 0.1) is 10.7 Å². The summed E-state index contributed by atoms with van der Waals surface area (Å²) in [5.41, 5.74) is 21.3. The summed E-state index contributed by atoms with van der Waals surface area (Å²) >= 11 is 7.30. The molecule has 0 unspecified atom stereocenters. The van der Waals surface area contributed by atoms with Crippen LogP contribution in [0.1, 0.15) is 16.7 Å². The maximum atomic E-state index is 5.73. The molecule has 6 N–H and O–H groups in total. The Morgan fingerprint density at radius 1 is 0.556 bits per heavy atom. The van der Waals surface area contributed by atoms with Gasteiger partial charge in [-0.3, -0.25) is 0 Å². The molecular weight excluding hydrogens is 567 g/mol. The van der Waals surface area contributed by atoms with Crippen LogP contribution in [-0.4, -0.2) is 19.6 Å². The van der Waals surface area contributed by atoms with Gasteiger partial charge in [0.25, 0.3) is 0 Å². The Labute approximate surface area is 149 Å². The van der Waals surface area contributed by atoms with E-state index in [0.29, 0.717) is 19.6 Å². The van der Waals surface area contributed by atoms with E-state index in [-0.39, 0.29) is 0 Å². The van der Waals surface area contributed by atoms with Crippen LogP contribution in [0.15, 0.2) is 0 Å². The first-order valence-electron chi connectivity index (χ1n) is 5.85. The lowest BCUT2D eigenvalue weighted by Crippen LogP contribution is -2.16. The van der Waals surface area contributed by atoms with Crippen molar-refractivity contribution in [3.8, 4) is 0 Å². The van der Waals surface area contributed by atoms with Gasteiger partial charge < -0.3 is 17.2 Å². The first-order chi connectivity index (χ1) is 8.58. The van der Waals surface area contributed by atoms with Crippen molar-refractivity contribution in [1.29, 1.82) is 0 Å². The molecule has 0 heterocycles. The van der Waals surface area contributed by atoms with Crippen molar-refractivity contribution < 1.29 is 0 Å². The van der Waals surface area contributed by atoms with Crippen molar-refractivity contribution in [1.82, 2.24) is 0 Å². The smallest absolute Gasteiger partial charge is 0.0216 e. The second kappa shape index (κ2) is 8.55. The van der Waals surface area contributed by atoms with Crippen LogP contribution in [0.4, 0.5) is 0 Å². The molecule has 0 atom stereocenters. The molecule has 1 rings (SSSR count). The van der Waals surface area contributed by atoms with Crippen LogP contribution in [0.5, 0.6) is 0 Å². The maximum Gasteiger partial charge on any atom is 0.0216 e. The lowest BCUT2D eigenvalue weighted by Gasteiger charge is -2.19. The summed E-state index contributed by atoms with van der Waals surface area (Å²) in [6, 6.07) is 0. The number of hydrogen-bond acceptors (Lipinski definition) is 3. The Hall–Kier alpha value is 1.29. The number of rotatable bonds is 6. The topological polar surface area (TPSA) is 78.1 Å². The number of benzene rings is 1. The van der Waals surface area contributed by atoms with Crippen LogP contribution in [0.2, 0.25) is 0 Å². The van der Waals surface area contributed by atoms with Crippen molar-refractivity contribution in [3.05, 3.63) is 27.4 Å². The summed E-state index contributed by atoms with van der Waals surface area (Å²) in [6.45, 7) is 2.03. The van der Waals surface area contributed by atoms with Crippen LogP contribution in [0.25, 0.3) is 0 Å². The van der Waals surface area contributed by atoms with Gasteiger partial charge in [-0.25, -0.2) is 0 Å². The molecular formula is C12H18I3N3. The van der Waals surface area contributed by atoms with Gasteiger partial charge in [0.2, 0.25) is 0 Å². The summed E-state index contributed by atoms with van der Waals surface area (Å²) < 4.78 is 3.99. The van der Waals surface area contributed by atoms with Crippen LogP contribution < -0.4 is 17.2 Å². The predicted molar refractivity (Wildman–Crippen MR) is 103 cm³/mol. The van der Waals surface area contributed by atoms with Crippen molar-refractivity contribution in [2.24, 2.45) is 17.2 Å². The highest BCUT2D eigenvalue weighted by Crippen LogP contribution is 2.32. The number of hydrogen-bond donors (Lipinski definition) is 3. The average molecular weight is 585 g/mol. The molecule has 0 fully saturated rings. The van der Waals surface area contributed by atoms with E-state index in [4.69, 9.17) is 17.2 Å². The molecule has 0 saturated heterocycles. The summed E-state index contributed by atoms with van der Waals surface area (Å²) in [7, 11) is 0. The highest BCUT2D eigenvalue weighted by atomic mass is 127. The maximum absolute atomic E-state index is 5.73. The van der Waals surface area contributed by atoms with Crippen LogP contribution >= 0.6 is 67.8 Å². The monoisotopic (exact) mass is 585 g/mol. The van der Waals surface area contributed by atoms with E-state index in [9.17, 15) is 0 Å².